The van der Waals surface area contributed by atoms with Gasteiger partial charge in [-0.15, -0.1) is 0 Å². The van der Waals surface area contributed by atoms with Crippen LogP contribution in [0.4, 0.5) is 4.39 Å². The molecule has 0 spiro atoms. The van der Waals surface area contributed by atoms with Gasteiger partial charge in [0.25, 0.3) is 5.97 Å². The normalized spacial score (nSPS) is 31.7. The standard InChI is InChI=1S/C13H15FO3/c14-12-3-1-2-10(6-12)4-5-13-15-7-11(8-16-13)9-17-13/h1-3,6,11H,4-5,7-9H2. The second-order valence-corrected chi connectivity index (χ2v) is 4.61. The van der Waals surface area contributed by atoms with Crippen molar-refractivity contribution in [2.45, 2.75) is 18.8 Å². The van der Waals surface area contributed by atoms with E-state index in [0.717, 1.165) is 5.56 Å². The Labute approximate surface area is 99.5 Å². The topological polar surface area (TPSA) is 27.7 Å². The molecule has 0 saturated carbocycles. The van der Waals surface area contributed by atoms with Crippen LogP contribution in [0.15, 0.2) is 24.3 Å². The molecule has 3 saturated heterocycles. The van der Waals surface area contributed by atoms with E-state index in [-0.39, 0.29) is 5.82 Å². The molecule has 3 heterocycles. The van der Waals surface area contributed by atoms with Gasteiger partial charge in [-0.2, -0.15) is 0 Å². The SMILES string of the molecule is Fc1cccc(CCC23OCC(CO2)CO3)c1. The summed E-state index contributed by atoms with van der Waals surface area (Å²) in [5, 5.41) is 0. The molecule has 17 heavy (non-hydrogen) atoms. The number of fused-ring (bicyclic) bond motifs is 3. The minimum Gasteiger partial charge on any atom is -0.327 e. The summed E-state index contributed by atoms with van der Waals surface area (Å²) in [6, 6.07) is 6.58. The maximum atomic E-state index is 13.0. The smallest absolute Gasteiger partial charge is 0.283 e. The molecule has 4 heteroatoms. The van der Waals surface area contributed by atoms with E-state index in [1.54, 1.807) is 6.07 Å². The molecule has 2 bridgehead atoms. The monoisotopic (exact) mass is 238 g/mol. The highest BCUT2D eigenvalue weighted by Gasteiger charge is 2.44. The summed E-state index contributed by atoms with van der Waals surface area (Å²) in [5.74, 6) is -0.734. The van der Waals surface area contributed by atoms with E-state index in [2.05, 4.69) is 0 Å². The molecule has 4 rings (SSSR count). The molecule has 3 aliphatic heterocycles. The minimum atomic E-state index is -0.888. The lowest BCUT2D eigenvalue weighted by molar-refractivity contribution is -0.449. The van der Waals surface area contributed by atoms with Crippen molar-refractivity contribution in [2.24, 2.45) is 5.92 Å². The molecule has 92 valence electrons. The summed E-state index contributed by atoms with van der Waals surface area (Å²) in [5.41, 5.74) is 0.933. The molecule has 0 unspecified atom stereocenters. The zero-order valence-corrected chi connectivity index (χ0v) is 9.52. The van der Waals surface area contributed by atoms with E-state index >= 15 is 0 Å². The van der Waals surface area contributed by atoms with Gasteiger partial charge in [0.15, 0.2) is 0 Å². The van der Waals surface area contributed by atoms with Crippen molar-refractivity contribution < 1.29 is 18.6 Å². The number of hydrogen-bond donors (Lipinski definition) is 0. The Morgan fingerprint density at radius 1 is 1.18 bits per heavy atom. The lowest BCUT2D eigenvalue weighted by atomic mass is 10.1. The van der Waals surface area contributed by atoms with Gasteiger partial charge in [-0.3, -0.25) is 0 Å². The first-order valence-corrected chi connectivity index (χ1v) is 5.92. The fraction of sp³-hybridized carbons (Fsp3) is 0.538. The molecule has 0 amide bonds. The lowest BCUT2D eigenvalue weighted by Crippen LogP contribution is -2.54. The van der Waals surface area contributed by atoms with Crippen LogP contribution in [0.5, 0.6) is 0 Å². The Kier molecular flexibility index (Phi) is 2.86. The van der Waals surface area contributed by atoms with Gasteiger partial charge >= 0.3 is 0 Å². The van der Waals surface area contributed by atoms with Crippen LogP contribution in [-0.2, 0) is 20.6 Å². The van der Waals surface area contributed by atoms with Crippen LogP contribution in [0, 0.1) is 11.7 Å². The van der Waals surface area contributed by atoms with E-state index in [1.807, 2.05) is 6.07 Å². The van der Waals surface area contributed by atoms with Crippen LogP contribution in [0.3, 0.4) is 0 Å². The Balaban J connectivity index is 1.63. The predicted octanol–water partition coefficient (Wildman–Crippen LogP) is 2.11. The fourth-order valence-electron chi connectivity index (χ4n) is 2.21. The Bertz CT molecular complexity index is 386. The Morgan fingerprint density at radius 3 is 2.53 bits per heavy atom. The summed E-state index contributed by atoms with van der Waals surface area (Å²) < 4.78 is 29.8. The van der Waals surface area contributed by atoms with Gasteiger partial charge in [0.2, 0.25) is 0 Å². The van der Waals surface area contributed by atoms with E-state index in [1.165, 1.54) is 12.1 Å². The Morgan fingerprint density at radius 2 is 1.88 bits per heavy atom. The van der Waals surface area contributed by atoms with Crippen molar-refractivity contribution in [3.8, 4) is 0 Å². The number of benzene rings is 1. The van der Waals surface area contributed by atoms with Gasteiger partial charge in [0.1, 0.15) is 5.82 Å². The number of hydrogen-bond acceptors (Lipinski definition) is 3. The van der Waals surface area contributed by atoms with Gasteiger partial charge in [0.05, 0.1) is 19.8 Å². The van der Waals surface area contributed by atoms with Crippen LogP contribution in [0.25, 0.3) is 0 Å². The third kappa shape index (κ3) is 2.34. The average molecular weight is 238 g/mol. The van der Waals surface area contributed by atoms with Crippen molar-refractivity contribution in [1.29, 1.82) is 0 Å². The molecular formula is C13H15FO3. The summed E-state index contributed by atoms with van der Waals surface area (Å²) in [6.45, 7) is 2.09. The molecule has 3 aliphatic rings. The summed E-state index contributed by atoms with van der Waals surface area (Å²) in [6.07, 6.45) is 1.28. The lowest BCUT2D eigenvalue weighted by Gasteiger charge is -2.45. The fourth-order valence-corrected chi connectivity index (χ4v) is 2.21. The Hall–Kier alpha value is -0.970. The zero-order chi connectivity index (χ0) is 11.7. The van der Waals surface area contributed by atoms with Gasteiger partial charge in [-0.25, -0.2) is 4.39 Å². The molecule has 0 aromatic heterocycles. The van der Waals surface area contributed by atoms with Crippen LogP contribution in [0.2, 0.25) is 0 Å². The van der Waals surface area contributed by atoms with Crippen molar-refractivity contribution in [2.75, 3.05) is 19.8 Å². The second-order valence-electron chi connectivity index (χ2n) is 4.61. The van der Waals surface area contributed by atoms with Crippen molar-refractivity contribution in [1.82, 2.24) is 0 Å². The average Bonchev–Trinajstić information content (AvgIpc) is 2.39. The van der Waals surface area contributed by atoms with E-state index < -0.39 is 5.97 Å². The van der Waals surface area contributed by atoms with Crippen molar-refractivity contribution in [3.05, 3.63) is 35.6 Å². The third-order valence-electron chi connectivity index (χ3n) is 3.23. The molecule has 3 nitrogen and oxygen atoms in total. The maximum absolute atomic E-state index is 13.0. The quantitative estimate of drug-likeness (QED) is 0.807. The molecular weight excluding hydrogens is 223 g/mol. The van der Waals surface area contributed by atoms with E-state index in [4.69, 9.17) is 14.2 Å². The van der Waals surface area contributed by atoms with Gasteiger partial charge in [0, 0.05) is 12.3 Å². The predicted molar refractivity (Wildman–Crippen MR) is 58.8 cm³/mol. The van der Waals surface area contributed by atoms with Crippen LogP contribution >= 0.6 is 0 Å². The molecule has 1 aromatic carbocycles. The molecule has 0 radical (unpaired) electrons. The van der Waals surface area contributed by atoms with Crippen LogP contribution in [-0.4, -0.2) is 25.8 Å². The molecule has 0 N–H and O–H groups in total. The minimum absolute atomic E-state index is 0.213. The number of ether oxygens (including phenoxy) is 3. The highest BCUT2D eigenvalue weighted by molar-refractivity contribution is 5.16. The van der Waals surface area contributed by atoms with Gasteiger partial charge < -0.3 is 14.2 Å². The van der Waals surface area contributed by atoms with Gasteiger partial charge in [-0.1, -0.05) is 12.1 Å². The first kappa shape index (κ1) is 11.1. The molecule has 0 aliphatic carbocycles. The summed E-state index contributed by atoms with van der Waals surface area (Å²) in [7, 11) is 0. The molecule has 0 atom stereocenters. The second kappa shape index (κ2) is 4.37. The summed E-state index contributed by atoms with van der Waals surface area (Å²) in [4.78, 5) is 0. The molecule has 1 aromatic rings. The molecule has 3 fully saturated rings. The van der Waals surface area contributed by atoms with E-state index in [9.17, 15) is 4.39 Å². The van der Waals surface area contributed by atoms with Crippen LogP contribution < -0.4 is 0 Å². The number of rotatable bonds is 3. The van der Waals surface area contributed by atoms with Crippen molar-refractivity contribution >= 4 is 0 Å². The highest BCUT2D eigenvalue weighted by Crippen LogP contribution is 2.33. The number of halogens is 1. The highest BCUT2D eigenvalue weighted by atomic mass is 19.1. The van der Waals surface area contributed by atoms with Crippen LogP contribution in [0.1, 0.15) is 12.0 Å². The largest absolute Gasteiger partial charge is 0.327 e. The first-order valence-electron chi connectivity index (χ1n) is 5.92. The van der Waals surface area contributed by atoms with E-state index in [0.29, 0.717) is 38.6 Å². The van der Waals surface area contributed by atoms with Gasteiger partial charge in [-0.05, 0) is 24.1 Å². The first-order chi connectivity index (χ1) is 8.26. The van der Waals surface area contributed by atoms with Crippen molar-refractivity contribution in [3.63, 3.8) is 0 Å². The third-order valence-corrected chi connectivity index (χ3v) is 3.23. The summed E-state index contributed by atoms with van der Waals surface area (Å²) >= 11 is 0. The zero-order valence-electron chi connectivity index (χ0n) is 9.52. The number of aryl methyl sites for hydroxylation is 1. The maximum Gasteiger partial charge on any atom is 0.283 e.